The molecule has 1 N–H and O–H groups in total. The van der Waals surface area contributed by atoms with Crippen LogP contribution in [0.5, 0.6) is 0 Å². The van der Waals surface area contributed by atoms with Crippen LogP contribution in [0.4, 0.5) is 0 Å². The lowest BCUT2D eigenvalue weighted by Crippen LogP contribution is -2.29. The molecule has 0 aromatic carbocycles. The van der Waals surface area contributed by atoms with Crippen LogP contribution in [0.15, 0.2) is 18.5 Å². The number of esters is 1. The first-order valence-corrected chi connectivity index (χ1v) is 5.92. The van der Waals surface area contributed by atoms with Gasteiger partial charge in [0.2, 0.25) is 0 Å². The highest BCUT2D eigenvalue weighted by Crippen LogP contribution is 2.05. The van der Waals surface area contributed by atoms with Crippen LogP contribution in [0.1, 0.15) is 31.4 Å². The SMILES string of the molecule is CCOC(=O)CC(C)NCc1ccncc1C. The predicted octanol–water partition coefficient (Wildman–Crippen LogP) is 1.82. The van der Waals surface area contributed by atoms with Crippen molar-refractivity contribution in [3.63, 3.8) is 0 Å². The molecule has 1 aromatic heterocycles. The Bertz CT molecular complexity index is 366. The summed E-state index contributed by atoms with van der Waals surface area (Å²) in [5.41, 5.74) is 2.36. The largest absolute Gasteiger partial charge is 0.466 e. The zero-order valence-corrected chi connectivity index (χ0v) is 10.7. The summed E-state index contributed by atoms with van der Waals surface area (Å²) in [6.07, 6.45) is 4.02. The number of aryl methyl sites for hydroxylation is 1. The molecule has 0 spiro atoms. The van der Waals surface area contributed by atoms with Gasteiger partial charge >= 0.3 is 5.97 Å². The zero-order valence-electron chi connectivity index (χ0n) is 10.7. The van der Waals surface area contributed by atoms with Gasteiger partial charge in [0.1, 0.15) is 0 Å². The fourth-order valence-electron chi connectivity index (χ4n) is 1.53. The summed E-state index contributed by atoms with van der Waals surface area (Å²) in [7, 11) is 0. The normalized spacial score (nSPS) is 12.2. The molecule has 0 saturated heterocycles. The summed E-state index contributed by atoms with van der Waals surface area (Å²) >= 11 is 0. The molecule has 4 nitrogen and oxygen atoms in total. The molecule has 1 heterocycles. The minimum absolute atomic E-state index is 0.113. The predicted molar refractivity (Wildman–Crippen MR) is 66.5 cm³/mol. The molecule has 17 heavy (non-hydrogen) atoms. The van der Waals surface area contributed by atoms with Crippen LogP contribution < -0.4 is 5.32 Å². The fourth-order valence-corrected chi connectivity index (χ4v) is 1.53. The van der Waals surface area contributed by atoms with Crippen molar-refractivity contribution in [1.29, 1.82) is 0 Å². The van der Waals surface area contributed by atoms with Gasteiger partial charge in [-0.2, -0.15) is 0 Å². The van der Waals surface area contributed by atoms with E-state index >= 15 is 0 Å². The summed E-state index contributed by atoms with van der Waals surface area (Å²) in [6, 6.07) is 2.10. The molecule has 0 bridgehead atoms. The van der Waals surface area contributed by atoms with E-state index in [1.54, 1.807) is 6.20 Å². The Hall–Kier alpha value is -1.42. The number of rotatable bonds is 6. The van der Waals surface area contributed by atoms with E-state index in [4.69, 9.17) is 4.74 Å². The number of hydrogen-bond acceptors (Lipinski definition) is 4. The molecule has 1 atom stereocenters. The Balaban J connectivity index is 2.35. The van der Waals surface area contributed by atoms with Crippen LogP contribution in [0.3, 0.4) is 0 Å². The third kappa shape index (κ3) is 4.95. The van der Waals surface area contributed by atoms with Crippen molar-refractivity contribution in [2.75, 3.05) is 6.61 Å². The number of nitrogens with one attached hydrogen (secondary N) is 1. The maximum atomic E-state index is 11.3. The number of pyridine rings is 1. The minimum Gasteiger partial charge on any atom is -0.466 e. The van der Waals surface area contributed by atoms with E-state index in [9.17, 15) is 4.79 Å². The van der Waals surface area contributed by atoms with Crippen LogP contribution in [0, 0.1) is 6.92 Å². The standard InChI is InChI=1S/C13H20N2O2/c1-4-17-13(16)7-11(3)15-9-12-5-6-14-8-10(12)2/h5-6,8,11,15H,4,7,9H2,1-3H3. The number of carbonyl (C=O) groups is 1. The Kier molecular flexibility index (Phi) is 5.63. The third-order valence-corrected chi connectivity index (χ3v) is 2.56. The molecular formula is C13H20N2O2. The molecule has 0 saturated carbocycles. The molecule has 0 radical (unpaired) electrons. The van der Waals surface area contributed by atoms with Crippen molar-refractivity contribution in [2.45, 2.75) is 39.8 Å². The van der Waals surface area contributed by atoms with Crippen molar-refractivity contribution in [3.05, 3.63) is 29.6 Å². The molecule has 1 unspecified atom stereocenters. The lowest BCUT2D eigenvalue weighted by molar-refractivity contribution is -0.143. The highest BCUT2D eigenvalue weighted by molar-refractivity contribution is 5.69. The highest BCUT2D eigenvalue weighted by atomic mass is 16.5. The molecule has 0 aliphatic carbocycles. The molecule has 0 aliphatic heterocycles. The maximum Gasteiger partial charge on any atom is 0.307 e. The Morgan fingerprint density at radius 1 is 1.59 bits per heavy atom. The summed E-state index contributed by atoms with van der Waals surface area (Å²) in [4.78, 5) is 15.3. The van der Waals surface area contributed by atoms with Crippen LogP contribution in [-0.4, -0.2) is 23.6 Å². The Morgan fingerprint density at radius 3 is 3.00 bits per heavy atom. The molecular weight excluding hydrogens is 216 g/mol. The van der Waals surface area contributed by atoms with Gasteiger partial charge in [0.05, 0.1) is 13.0 Å². The summed E-state index contributed by atoms with van der Waals surface area (Å²) < 4.78 is 4.90. The number of aromatic nitrogens is 1. The second kappa shape index (κ2) is 7.01. The number of ether oxygens (including phenoxy) is 1. The van der Waals surface area contributed by atoms with E-state index in [-0.39, 0.29) is 12.0 Å². The summed E-state index contributed by atoms with van der Waals surface area (Å²) in [5.74, 6) is -0.154. The van der Waals surface area contributed by atoms with Gasteiger partial charge in [0.25, 0.3) is 0 Å². The third-order valence-electron chi connectivity index (χ3n) is 2.56. The van der Waals surface area contributed by atoms with Crippen molar-refractivity contribution < 1.29 is 9.53 Å². The van der Waals surface area contributed by atoms with Gasteiger partial charge in [-0.1, -0.05) is 0 Å². The molecule has 0 amide bonds. The quantitative estimate of drug-likeness (QED) is 0.765. The zero-order chi connectivity index (χ0) is 12.7. The number of nitrogens with zero attached hydrogens (tertiary/aromatic N) is 1. The first-order valence-electron chi connectivity index (χ1n) is 5.92. The molecule has 1 rings (SSSR count). The van der Waals surface area contributed by atoms with Crippen molar-refractivity contribution in [2.24, 2.45) is 0 Å². The van der Waals surface area contributed by atoms with E-state index in [1.165, 1.54) is 5.56 Å². The average molecular weight is 236 g/mol. The average Bonchev–Trinajstić information content (AvgIpc) is 2.28. The smallest absolute Gasteiger partial charge is 0.307 e. The van der Waals surface area contributed by atoms with E-state index in [0.717, 1.165) is 12.1 Å². The highest BCUT2D eigenvalue weighted by Gasteiger charge is 2.09. The maximum absolute atomic E-state index is 11.3. The molecule has 0 aliphatic rings. The van der Waals surface area contributed by atoms with Crippen LogP contribution in [-0.2, 0) is 16.1 Å². The topological polar surface area (TPSA) is 51.2 Å². The van der Waals surface area contributed by atoms with Crippen LogP contribution in [0.2, 0.25) is 0 Å². The van der Waals surface area contributed by atoms with E-state index < -0.39 is 0 Å². The lowest BCUT2D eigenvalue weighted by Gasteiger charge is -2.13. The second-order valence-electron chi connectivity index (χ2n) is 4.09. The van der Waals surface area contributed by atoms with E-state index in [1.807, 2.05) is 33.0 Å². The van der Waals surface area contributed by atoms with Crippen molar-refractivity contribution >= 4 is 5.97 Å². The first kappa shape index (κ1) is 13.6. The summed E-state index contributed by atoms with van der Waals surface area (Å²) in [6.45, 7) is 7.01. The van der Waals surface area contributed by atoms with Crippen molar-refractivity contribution in [1.82, 2.24) is 10.3 Å². The van der Waals surface area contributed by atoms with Crippen LogP contribution in [0.25, 0.3) is 0 Å². The monoisotopic (exact) mass is 236 g/mol. The van der Waals surface area contributed by atoms with E-state index in [2.05, 4.69) is 10.3 Å². The van der Waals surface area contributed by atoms with Gasteiger partial charge in [-0.25, -0.2) is 0 Å². The minimum atomic E-state index is -0.154. The lowest BCUT2D eigenvalue weighted by atomic mass is 10.1. The van der Waals surface area contributed by atoms with Gasteiger partial charge in [-0.05, 0) is 38.0 Å². The van der Waals surface area contributed by atoms with Gasteiger partial charge in [0, 0.05) is 25.0 Å². The summed E-state index contributed by atoms with van der Waals surface area (Å²) in [5, 5.41) is 3.30. The molecule has 94 valence electrons. The van der Waals surface area contributed by atoms with E-state index in [0.29, 0.717) is 13.0 Å². The fraction of sp³-hybridized carbons (Fsp3) is 0.538. The molecule has 1 aromatic rings. The number of carbonyl (C=O) groups excluding carboxylic acids is 1. The Labute approximate surface area is 102 Å². The number of hydrogen-bond donors (Lipinski definition) is 1. The Morgan fingerprint density at radius 2 is 2.35 bits per heavy atom. The van der Waals surface area contributed by atoms with Crippen LogP contribution >= 0.6 is 0 Å². The molecule has 0 fully saturated rings. The van der Waals surface area contributed by atoms with Gasteiger partial charge in [-0.3, -0.25) is 9.78 Å². The van der Waals surface area contributed by atoms with Gasteiger partial charge < -0.3 is 10.1 Å². The van der Waals surface area contributed by atoms with Gasteiger partial charge in [0.15, 0.2) is 0 Å². The first-order chi connectivity index (χ1) is 8.13. The van der Waals surface area contributed by atoms with Gasteiger partial charge in [-0.15, -0.1) is 0 Å². The van der Waals surface area contributed by atoms with Crippen molar-refractivity contribution in [3.8, 4) is 0 Å². The second-order valence-corrected chi connectivity index (χ2v) is 4.09. The molecule has 4 heteroatoms.